The molecule has 18 heavy (non-hydrogen) atoms. The lowest BCUT2D eigenvalue weighted by Gasteiger charge is -2.02. The van der Waals surface area contributed by atoms with Crippen molar-refractivity contribution in [2.45, 2.75) is 0 Å². The molecule has 7 heteroatoms. The Labute approximate surface area is 103 Å². The van der Waals surface area contributed by atoms with Gasteiger partial charge in [0.05, 0.1) is 13.3 Å². The van der Waals surface area contributed by atoms with Crippen molar-refractivity contribution >= 4 is 12.2 Å². The van der Waals surface area contributed by atoms with E-state index in [1.54, 1.807) is 13.3 Å². The molecular formula is C11H11N5O2. The first kappa shape index (κ1) is 11.8. The number of hydrazone groups is 1. The van der Waals surface area contributed by atoms with Gasteiger partial charge in [-0.1, -0.05) is 12.1 Å². The molecule has 7 nitrogen and oxygen atoms in total. The summed E-state index contributed by atoms with van der Waals surface area (Å²) in [7, 11) is 1.58. The fourth-order valence-electron chi connectivity index (χ4n) is 1.30. The van der Waals surface area contributed by atoms with Gasteiger partial charge in [-0.15, -0.1) is 10.2 Å². The van der Waals surface area contributed by atoms with Crippen LogP contribution in [0.5, 0.6) is 5.75 Å². The van der Waals surface area contributed by atoms with Gasteiger partial charge in [-0.3, -0.25) is 9.78 Å². The van der Waals surface area contributed by atoms with Crippen molar-refractivity contribution in [1.82, 2.24) is 15.2 Å². The number of nitrogens with one attached hydrogen (secondary N) is 2. The van der Waals surface area contributed by atoms with E-state index >= 15 is 0 Å². The van der Waals surface area contributed by atoms with Crippen molar-refractivity contribution in [2.24, 2.45) is 5.10 Å². The van der Waals surface area contributed by atoms with Crippen LogP contribution in [0, 0.1) is 0 Å². The number of methoxy groups -OCH3 is 1. The molecule has 0 bridgehead atoms. The van der Waals surface area contributed by atoms with Gasteiger partial charge < -0.3 is 4.74 Å². The van der Waals surface area contributed by atoms with Crippen LogP contribution < -0.4 is 15.7 Å². The molecular weight excluding hydrogens is 234 g/mol. The first-order valence-electron chi connectivity index (χ1n) is 5.13. The Balaban J connectivity index is 2.10. The van der Waals surface area contributed by atoms with Crippen molar-refractivity contribution in [3.05, 3.63) is 46.4 Å². The molecule has 0 saturated heterocycles. The molecule has 0 aliphatic heterocycles. The second-order valence-corrected chi connectivity index (χ2v) is 3.29. The topological polar surface area (TPSA) is 92.3 Å². The highest BCUT2D eigenvalue weighted by Crippen LogP contribution is 2.14. The Bertz CT molecular complexity index is 608. The average molecular weight is 245 g/mol. The maximum Gasteiger partial charge on any atom is 0.271 e. The lowest BCUT2D eigenvalue weighted by molar-refractivity contribution is 0.414. The highest BCUT2D eigenvalue weighted by Gasteiger charge is 1.97. The van der Waals surface area contributed by atoms with Gasteiger partial charge in [0.2, 0.25) is 5.95 Å². The molecule has 0 spiro atoms. The second kappa shape index (κ2) is 5.58. The zero-order valence-corrected chi connectivity index (χ0v) is 9.62. The van der Waals surface area contributed by atoms with E-state index < -0.39 is 0 Å². The molecule has 0 saturated carbocycles. The van der Waals surface area contributed by atoms with Crippen molar-refractivity contribution < 1.29 is 4.74 Å². The van der Waals surface area contributed by atoms with Gasteiger partial charge in [0.25, 0.3) is 5.56 Å². The summed E-state index contributed by atoms with van der Waals surface area (Å²) in [6.45, 7) is 0. The number of ether oxygens (including phenoxy) is 1. The van der Waals surface area contributed by atoms with E-state index in [9.17, 15) is 4.79 Å². The normalized spacial score (nSPS) is 10.5. The van der Waals surface area contributed by atoms with Gasteiger partial charge in [0, 0.05) is 5.56 Å². The number of nitrogens with zero attached hydrogens (tertiary/aromatic N) is 3. The molecule has 1 aromatic heterocycles. The highest BCUT2D eigenvalue weighted by molar-refractivity contribution is 5.83. The van der Waals surface area contributed by atoms with Gasteiger partial charge in [0.1, 0.15) is 11.9 Å². The van der Waals surface area contributed by atoms with E-state index in [1.807, 2.05) is 24.3 Å². The lowest BCUT2D eigenvalue weighted by atomic mass is 10.2. The lowest BCUT2D eigenvalue weighted by Crippen LogP contribution is -2.10. The number of H-pyrrole nitrogens is 1. The van der Waals surface area contributed by atoms with E-state index in [-0.39, 0.29) is 11.5 Å². The van der Waals surface area contributed by atoms with E-state index in [0.717, 1.165) is 11.8 Å². The maximum atomic E-state index is 11.0. The molecule has 2 rings (SSSR count). The molecule has 0 aliphatic rings. The Morgan fingerprint density at radius 2 is 2.28 bits per heavy atom. The van der Waals surface area contributed by atoms with Crippen LogP contribution in [0.15, 0.2) is 40.4 Å². The van der Waals surface area contributed by atoms with Gasteiger partial charge in [-0.2, -0.15) is 5.10 Å². The van der Waals surface area contributed by atoms with Gasteiger partial charge >= 0.3 is 0 Å². The van der Waals surface area contributed by atoms with Crippen LogP contribution in [-0.4, -0.2) is 28.5 Å². The van der Waals surface area contributed by atoms with Crippen molar-refractivity contribution in [1.29, 1.82) is 0 Å². The number of hydrogen-bond acceptors (Lipinski definition) is 6. The van der Waals surface area contributed by atoms with Crippen LogP contribution in [0.3, 0.4) is 0 Å². The molecule has 1 heterocycles. The third kappa shape index (κ3) is 2.91. The number of para-hydroxylation sites is 1. The molecule has 0 aliphatic carbocycles. The standard InChI is InChI=1S/C11H11N5O2/c1-18-9-5-3-2-4-8(9)6-12-15-11-14-10(17)7-13-16-11/h2-7H,1H3,(H2,14,15,16,17)/b12-6-. The van der Waals surface area contributed by atoms with Crippen LogP contribution in [0.1, 0.15) is 5.56 Å². The van der Waals surface area contributed by atoms with Crippen LogP contribution >= 0.6 is 0 Å². The minimum Gasteiger partial charge on any atom is -0.496 e. The average Bonchev–Trinajstić information content (AvgIpc) is 2.39. The predicted octanol–water partition coefficient (Wildman–Crippen LogP) is 0.619. The van der Waals surface area contributed by atoms with Crippen molar-refractivity contribution in [3.8, 4) is 5.75 Å². The van der Waals surface area contributed by atoms with E-state index in [4.69, 9.17) is 4.74 Å². The molecule has 0 unspecified atom stereocenters. The smallest absolute Gasteiger partial charge is 0.271 e. The summed E-state index contributed by atoms with van der Waals surface area (Å²) in [6, 6.07) is 7.41. The summed E-state index contributed by atoms with van der Waals surface area (Å²) in [5.74, 6) is 0.879. The molecule has 1 aromatic carbocycles. The van der Waals surface area contributed by atoms with Crippen LogP contribution in [0.2, 0.25) is 0 Å². The number of anilines is 1. The highest BCUT2D eigenvalue weighted by atomic mass is 16.5. The molecule has 2 aromatic rings. The molecule has 0 fully saturated rings. The quantitative estimate of drug-likeness (QED) is 0.608. The van der Waals surface area contributed by atoms with Crippen LogP contribution in [0.4, 0.5) is 5.95 Å². The summed E-state index contributed by atoms with van der Waals surface area (Å²) in [5.41, 5.74) is 3.03. The van der Waals surface area contributed by atoms with E-state index in [2.05, 4.69) is 25.7 Å². The van der Waals surface area contributed by atoms with E-state index in [1.165, 1.54) is 0 Å². The fourth-order valence-corrected chi connectivity index (χ4v) is 1.30. The maximum absolute atomic E-state index is 11.0. The number of rotatable bonds is 4. The summed E-state index contributed by atoms with van der Waals surface area (Å²) in [5, 5.41) is 11.1. The van der Waals surface area contributed by atoms with Gasteiger partial charge in [0.15, 0.2) is 0 Å². The molecule has 92 valence electrons. The summed E-state index contributed by atoms with van der Waals surface area (Å²) >= 11 is 0. The van der Waals surface area contributed by atoms with Crippen molar-refractivity contribution in [3.63, 3.8) is 0 Å². The second-order valence-electron chi connectivity index (χ2n) is 3.29. The van der Waals surface area contributed by atoms with Gasteiger partial charge in [-0.05, 0) is 12.1 Å². The minimum absolute atomic E-state index is 0.175. The largest absolute Gasteiger partial charge is 0.496 e. The van der Waals surface area contributed by atoms with Gasteiger partial charge in [-0.25, -0.2) is 5.43 Å². The SMILES string of the molecule is COc1ccccc1/C=N\Nc1nncc(=O)[nH]1. The van der Waals surface area contributed by atoms with Crippen molar-refractivity contribution in [2.75, 3.05) is 12.5 Å². The fraction of sp³-hybridized carbons (Fsp3) is 0.0909. The summed E-state index contributed by atoms with van der Waals surface area (Å²) < 4.78 is 5.16. The third-order valence-electron chi connectivity index (χ3n) is 2.09. The molecule has 0 amide bonds. The molecule has 0 atom stereocenters. The Hall–Kier alpha value is -2.70. The Morgan fingerprint density at radius 3 is 3.06 bits per heavy atom. The zero-order chi connectivity index (χ0) is 12.8. The first-order valence-corrected chi connectivity index (χ1v) is 5.13. The number of benzene rings is 1. The Kier molecular flexibility index (Phi) is 3.65. The molecule has 2 N–H and O–H groups in total. The zero-order valence-electron chi connectivity index (χ0n) is 9.62. The van der Waals surface area contributed by atoms with Crippen LogP contribution in [0.25, 0.3) is 0 Å². The summed E-state index contributed by atoms with van der Waals surface area (Å²) in [6.07, 6.45) is 2.64. The number of aromatic amines is 1. The third-order valence-corrected chi connectivity index (χ3v) is 2.09. The van der Waals surface area contributed by atoms with Crippen LogP contribution in [-0.2, 0) is 0 Å². The number of hydrogen-bond donors (Lipinski definition) is 2. The first-order chi connectivity index (χ1) is 8.79. The minimum atomic E-state index is -0.347. The predicted molar refractivity (Wildman–Crippen MR) is 66.9 cm³/mol. The summed E-state index contributed by atoms with van der Waals surface area (Å²) in [4.78, 5) is 13.4. The molecule has 0 radical (unpaired) electrons. The van der Waals surface area contributed by atoms with E-state index in [0.29, 0.717) is 5.75 Å². The Morgan fingerprint density at radius 1 is 1.44 bits per heavy atom. The monoisotopic (exact) mass is 245 g/mol. The number of aromatic nitrogens is 3.